The number of hydrogen-bond acceptors (Lipinski definition) is 4. The molecule has 0 fully saturated rings. The second-order valence-corrected chi connectivity index (χ2v) is 8.35. The number of nitrogens with zero attached hydrogens (tertiary/aromatic N) is 1. The lowest BCUT2D eigenvalue weighted by atomic mass is 10.2. The summed E-state index contributed by atoms with van der Waals surface area (Å²) < 4.78 is 14.6. The fourth-order valence-corrected chi connectivity index (χ4v) is 4.53. The van der Waals surface area contributed by atoms with Crippen LogP contribution in [0.5, 0.6) is 0 Å². The van der Waals surface area contributed by atoms with Crippen LogP contribution in [0.15, 0.2) is 34.1 Å². The average molecular weight is 452 g/mol. The van der Waals surface area contributed by atoms with Gasteiger partial charge >= 0.3 is 0 Å². The van der Waals surface area contributed by atoms with Crippen LogP contribution in [0.3, 0.4) is 0 Å². The zero-order valence-corrected chi connectivity index (χ0v) is 15.8. The van der Waals surface area contributed by atoms with Crippen LogP contribution in [0.25, 0.3) is 11.3 Å². The van der Waals surface area contributed by atoms with E-state index in [0.29, 0.717) is 29.5 Å². The van der Waals surface area contributed by atoms with Crippen LogP contribution < -0.4 is 5.32 Å². The molecule has 3 rings (SSSR count). The van der Waals surface area contributed by atoms with Crippen LogP contribution in [-0.4, -0.2) is 10.9 Å². The SMILES string of the molecule is O=C(Nc1nc(-c2cc(Cl)sc2Cl)cs1)c1ccc(F)cc1Br. The van der Waals surface area contributed by atoms with Gasteiger partial charge in [-0.25, -0.2) is 9.37 Å². The highest BCUT2D eigenvalue weighted by Gasteiger charge is 2.15. The molecule has 2 heterocycles. The molecule has 3 nitrogen and oxygen atoms in total. The number of nitrogens with one attached hydrogen (secondary N) is 1. The molecule has 2 aromatic heterocycles. The molecule has 0 unspecified atom stereocenters. The molecule has 0 aliphatic carbocycles. The first-order valence-electron chi connectivity index (χ1n) is 6.11. The van der Waals surface area contributed by atoms with Gasteiger partial charge in [-0.05, 0) is 40.2 Å². The van der Waals surface area contributed by atoms with Crippen molar-refractivity contribution in [2.75, 3.05) is 5.32 Å². The first-order chi connectivity index (χ1) is 10.9. The van der Waals surface area contributed by atoms with Gasteiger partial charge in [0.2, 0.25) is 0 Å². The smallest absolute Gasteiger partial charge is 0.258 e. The van der Waals surface area contributed by atoms with Gasteiger partial charge in [0.25, 0.3) is 5.91 Å². The molecule has 0 saturated carbocycles. The van der Waals surface area contributed by atoms with Gasteiger partial charge in [0.05, 0.1) is 15.6 Å². The number of carbonyl (C=O) groups excluding carboxylic acids is 1. The second kappa shape index (κ2) is 6.86. The maximum Gasteiger partial charge on any atom is 0.258 e. The number of benzene rings is 1. The molecule has 23 heavy (non-hydrogen) atoms. The minimum atomic E-state index is -0.422. The van der Waals surface area contributed by atoms with Gasteiger partial charge in [0, 0.05) is 15.4 Å². The Bertz CT molecular complexity index is 897. The molecule has 0 atom stereocenters. The first-order valence-corrected chi connectivity index (χ1v) is 9.35. The summed E-state index contributed by atoms with van der Waals surface area (Å²) in [4.78, 5) is 16.5. The highest BCUT2D eigenvalue weighted by Crippen LogP contribution is 2.39. The number of thiazole rings is 1. The number of halogens is 4. The Labute approximate surface area is 157 Å². The van der Waals surface area contributed by atoms with E-state index in [1.54, 1.807) is 11.4 Å². The zero-order valence-electron chi connectivity index (χ0n) is 11.1. The third-order valence-corrected chi connectivity index (χ3v) is 5.73. The summed E-state index contributed by atoms with van der Waals surface area (Å²) in [7, 11) is 0. The summed E-state index contributed by atoms with van der Waals surface area (Å²) in [5, 5.41) is 4.87. The van der Waals surface area contributed by atoms with E-state index in [2.05, 4.69) is 26.2 Å². The predicted molar refractivity (Wildman–Crippen MR) is 97.5 cm³/mol. The minimum Gasteiger partial charge on any atom is -0.298 e. The van der Waals surface area contributed by atoms with Crippen LogP contribution >= 0.6 is 61.8 Å². The molecule has 1 N–H and O–H groups in total. The largest absolute Gasteiger partial charge is 0.298 e. The van der Waals surface area contributed by atoms with Crippen LogP contribution in [0.1, 0.15) is 10.4 Å². The molecule has 0 saturated heterocycles. The van der Waals surface area contributed by atoms with Crippen molar-refractivity contribution in [3.63, 3.8) is 0 Å². The van der Waals surface area contributed by atoms with Crippen LogP contribution in [-0.2, 0) is 0 Å². The Morgan fingerprint density at radius 2 is 2.09 bits per heavy atom. The van der Waals surface area contributed by atoms with Crippen molar-refractivity contribution < 1.29 is 9.18 Å². The fraction of sp³-hybridized carbons (Fsp3) is 0. The third-order valence-electron chi connectivity index (χ3n) is 2.83. The van der Waals surface area contributed by atoms with E-state index in [-0.39, 0.29) is 5.91 Å². The summed E-state index contributed by atoms with van der Waals surface area (Å²) in [6, 6.07) is 5.58. The molecule has 118 valence electrons. The highest BCUT2D eigenvalue weighted by atomic mass is 79.9. The molecular formula is C14H6BrCl2FN2OS2. The first kappa shape index (κ1) is 16.9. The Morgan fingerprint density at radius 1 is 1.30 bits per heavy atom. The van der Waals surface area contributed by atoms with E-state index in [9.17, 15) is 9.18 Å². The van der Waals surface area contributed by atoms with Crippen molar-refractivity contribution in [1.29, 1.82) is 0 Å². The number of thiophene rings is 1. The second-order valence-electron chi connectivity index (χ2n) is 4.35. The van der Waals surface area contributed by atoms with E-state index >= 15 is 0 Å². The Kier molecular flexibility index (Phi) is 5.03. The van der Waals surface area contributed by atoms with E-state index in [1.807, 2.05) is 0 Å². The normalized spacial score (nSPS) is 10.8. The molecule has 0 radical (unpaired) electrons. The van der Waals surface area contributed by atoms with Crippen LogP contribution in [0.4, 0.5) is 9.52 Å². The number of carbonyl (C=O) groups is 1. The Balaban J connectivity index is 1.81. The third kappa shape index (κ3) is 3.75. The number of amides is 1. The zero-order chi connectivity index (χ0) is 16.6. The maximum absolute atomic E-state index is 13.1. The van der Waals surface area contributed by atoms with Crippen LogP contribution in [0.2, 0.25) is 8.67 Å². The van der Waals surface area contributed by atoms with Gasteiger partial charge in [-0.3, -0.25) is 10.1 Å². The molecule has 9 heteroatoms. The number of rotatable bonds is 3. The standard InChI is InChI=1S/C14H6BrCl2FN2OS2/c15-9-3-6(18)1-2-7(9)13(21)20-14-19-10(5-22-14)8-4-11(16)23-12(8)17/h1-5H,(H,19,20,21). The summed E-state index contributed by atoms with van der Waals surface area (Å²) in [5.41, 5.74) is 1.68. The van der Waals surface area contributed by atoms with Crippen molar-refractivity contribution in [3.05, 3.63) is 54.2 Å². The molecule has 3 aromatic rings. The van der Waals surface area contributed by atoms with Crippen molar-refractivity contribution in [1.82, 2.24) is 4.98 Å². The summed E-state index contributed by atoms with van der Waals surface area (Å²) in [6.07, 6.45) is 0. The Morgan fingerprint density at radius 3 is 2.74 bits per heavy atom. The van der Waals surface area contributed by atoms with Gasteiger partial charge < -0.3 is 0 Å². The van der Waals surface area contributed by atoms with E-state index in [4.69, 9.17) is 23.2 Å². The Hall–Kier alpha value is -0.990. The number of aromatic nitrogens is 1. The number of anilines is 1. The van der Waals surface area contributed by atoms with Gasteiger partial charge in [0.1, 0.15) is 10.2 Å². The molecular weight excluding hydrogens is 446 g/mol. The quantitative estimate of drug-likeness (QED) is 0.505. The summed E-state index contributed by atoms with van der Waals surface area (Å²) in [5.74, 6) is -0.804. The van der Waals surface area contributed by atoms with Gasteiger partial charge in [0.15, 0.2) is 5.13 Å². The van der Waals surface area contributed by atoms with Crippen LogP contribution in [0, 0.1) is 5.82 Å². The predicted octanol–water partition coefficient (Wildman–Crippen LogP) is 6.33. The highest BCUT2D eigenvalue weighted by molar-refractivity contribution is 9.10. The molecule has 0 spiro atoms. The van der Waals surface area contributed by atoms with Crippen molar-refractivity contribution in [3.8, 4) is 11.3 Å². The average Bonchev–Trinajstić information content (AvgIpc) is 3.05. The lowest BCUT2D eigenvalue weighted by Crippen LogP contribution is -2.12. The summed E-state index contributed by atoms with van der Waals surface area (Å²) in [6.45, 7) is 0. The molecule has 0 aliphatic rings. The van der Waals surface area contributed by atoms with E-state index < -0.39 is 5.82 Å². The molecule has 0 aliphatic heterocycles. The topological polar surface area (TPSA) is 42.0 Å². The van der Waals surface area contributed by atoms with E-state index in [0.717, 1.165) is 5.56 Å². The lowest BCUT2D eigenvalue weighted by molar-refractivity contribution is 0.102. The maximum atomic E-state index is 13.1. The molecule has 1 amide bonds. The molecule has 1 aromatic carbocycles. The van der Waals surface area contributed by atoms with Crippen molar-refractivity contribution in [2.45, 2.75) is 0 Å². The summed E-state index contributed by atoms with van der Waals surface area (Å²) >= 11 is 17.7. The van der Waals surface area contributed by atoms with Gasteiger partial charge in [-0.1, -0.05) is 23.2 Å². The van der Waals surface area contributed by atoms with Gasteiger partial charge in [-0.15, -0.1) is 22.7 Å². The van der Waals surface area contributed by atoms with E-state index in [1.165, 1.54) is 40.9 Å². The molecule has 0 bridgehead atoms. The monoisotopic (exact) mass is 450 g/mol. The van der Waals surface area contributed by atoms with Crippen molar-refractivity contribution in [2.24, 2.45) is 0 Å². The fourth-order valence-electron chi connectivity index (χ4n) is 1.81. The minimum absolute atomic E-state index is 0.319. The number of hydrogen-bond donors (Lipinski definition) is 1. The lowest BCUT2D eigenvalue weighted by Gasteiger charge is -2.04. The van der Waals surface area contributed by atoms with Gasteiger partial charge in [-0.2, -0.15) is 0 Å². The van der Waals surface area contributed by atoms with Crippen molar-refractivity contribution >= 4 is 72.8 Å².